The van der Waals surface area contributed by atoms with Crippen molar-refractivity contribution < 1.29 is 14.2 Å². The van der Waals surface area contributed by atoms with Crippen molar-refractivity contribution in [3.63, 3.8) is 0 Å². The van der Waals surface area contributed by atoms with Gasteiger partial charge in [-0.25, -0.2) is 0 Å². The third-order valence-corrected chi connectivity index (χ3v) is 2.37. The van der Waals surface area contributed by atoms with Gasteiger partial charge in [0, 0.05) is 13.2 Å². The van der Waals surface area contributed by atoms with E-state index in [1.54, 1.807) is 6.26 Å². The summed E-state index contributed by atoms with van der Waals surface area (Å²) in [6.07, 6.45) is 8.00. The van der Waals surface area contributed by atoms with E-state index in [4.69, 9.17) is 14.2 Å². The molecule has 0 aliphatic carbocycles. The number of allylic oxidation sites excluding steroid dienone is 1. The van der Waals surface area contributed by atoms with Gasteiger partial charge >= 0.3 is 0 Å². The summed E-state index contributed by atoms with van der Waals surface area (Å²) in [5, 5.41) is 0. The fraction of sp³-hybridized carbons (Fsp3) is 0.800. The predicted molar refractivity (Wildman–Crippen MR) is 48.2 cm³/mol. The monoisotopic (exact) mass is 184 g/mol. The van der Waals surface area contributed by atoms with E-state index in [0.29, 0.717) is 0 Å². The number of hydrogen-bond donors (Lipinski definition) is 0. The van der Waals surface area contributed by atoms with Crippen molar-refractivity contribution in [2.75, 3.05) is 13.2 Å². The topological polar surface area (TPSA) is 27.7 Å². The zero-order valence-corrected chi connectivity index (χ0v) is 7.78. The first kappa shape index (κ1) is 9.03. The van der Waals surface area contributed by atoms with Gasteiger partial charge in [0.25, 0.3) is 0 Å². The molecule has 0 radical (unpaired) electrons. The quantitative estimate of drug-likeness (QED) is 0.622. The van der Waals surface area contributed by atoms with Gasteiger partial charge in [0.15, 0.2) is 6.29 Å². The Morgan fingerprint density at radius 3 is 2.46 bits per heavy atom. The predicted octanol–water partition coefficient (Wildman–Crippen LogP) is 1.83. The highest BCUT2D eigenvalue weighted by Gasteiger charge is 2.25. The van der Waals surface area contributed by atoms with E-state index in [1.807, 2.05) is 6.08 Å². The van der Waals surface area contributed by atoms with Crippen molar-refractivity contribution in [3.05, 3.63) is 12.3 Å². The zero-order chi connectivity index (χ0) is 8.93. The summed E-state index contributed by atoms with van der Waals surface area (Å²) < 4.78 is 16.6. The molecule has 1 unspecified atom stereocenters. The summed E-state index contributed by atoms with van der Waals surface area (Å²) in [4.78, 5) is 0. The lowest BCUT2D eigenvalue weighted by Gasteiger charge is -2.26. The van der Waals surface area contributed by atoms with E-state index in [2.05, 4.69) is 0 Å². The molecule has 0 N–H and O–H groups in total. The van der Waals surface area contributed by atoms with E-state index >= 15 is 0 Å². The van der Waals surface area contributed by atoms with Crippen LogP contribution in [0.1, 0.15) is 25.7 Å². The van der Waals surface area contributed by atoms with Crippen LogP contribution in [-0.4, -0.2) is 25.6 Å². The molecule has 2 aliphatic rings. The summed E-state index contributed by atoms with van der Waals surface area (Å²) in [7, 11) is 0. The first-order chi connectivity index (χ1) is 6.47. The lowest BCUT2D eigenvalue weighted by atomic mass is 10.1. The lowest BCUT2D eigenvalue weighted by molar-refractivity contribution is -0.186. The molecule has 3 nitrogen and oxygen atoms in total. The van der Waals surface area contributed by atoms with Crippen LogP contribution in [0.3, 0.4) is 0 Å². The summed E-state index contributed by atoms with van der Waals surface area (Å²) in [5.41, 5.74) is 0. The van der Waals surface area contributed by atoms with E-state index < -0.39 is 0 Å². The average Bonchev–Trinajstić information content (AvgIpc) is 2.47. The fourth-order valence-electron chi connectivity index (χ4n) is 1.62. The Labute approximate surface area is 78.7 Å². The van der Waals surface area contributed by atoms with Crippen molar-refractivity contribution in [2.24, 2.45) is 0 Å². The van der Waals surface area contributed by atoms with Crippen molar-refractivity contribution in [1.29, 1.82) is 0 Å². The summed E-state index contributed by atoms with van der Waals surface area (Å²) in [5.74, 6) is 0. The van der Waals surface area contributed by atoms with Crippen LogP contribution in [0.5, 0.6) is 0 Å². The second-order valence-electron chi connectivity index (χ2n) is 3.44. The first-order valence-corrected chi connectivity index (χ1v) is 5.00. The highest BCUT2D eigenvalue weighted by Crippen LogP contribution is 2.19. The van der Waals surface area contributed by atoms with Gasteiger partial charge < -0.3 is 14.2 Å². The average molecular weight is 184 g/mol. The first-order valence-electron chi connectivity index (χ1n) is 5.00. The second kappa shape index (κ2) is 4.63. The third-order valence-electron chi connectivity index (χ3n) is 2.37. The van der Waals surface area contributed by atoms with Crippen LogP contribution >= 0.6 is 0 Å². The van der Waals surface area contributed by atoms with Crippen molar-refractivity contribution in [2.45, 2.75) is 38.1 Å². The minimum absolute atomic E-state index is 0.100. The van der Waals surface area contributed by atoms with Crippen LogP contribution in [0.25, 0.3) is 0 Å². The molecular formula is C10H16O3. The molecule has 2 heterocycles. The molecule has 0 aromatic rings. The zero-order valence-electron chi connectivity index (χ0n) is 7.78. The minimum atomic E-state index is -0.146. The standard InChI is InChI=1S/C10H16O3/c1-2-6-11-9(5-1)10-12-7-3-4-8-13-10/h2,6,9-10H,1,3-5,7-8H2. The minimum Gasteiger partial charge on any atom is -0.493 e. The third kappa shape index (κ3) is 2.45. The molecule has 1 saturated heterocycles. The lowest BCUT2D eigenvalue weighted by Crippen LogP contribution is -2.33. The van der Waals surface area contributed by atoms with E-state index in [9.17, 15) is 0 Å². The normalized spacial score (nSPS) is 30.9. The van der Waals surface area contributed by atoms with Gasteiger partial charge in [-0.3, -0.25) is 0 Å². The smallest absolute Gasteiger partial charge is 0.194 e. The Balaban J connectivity index is 1.86. The highest BCUT2D eigenvalue weighted by molar-refractivity contribution is 4.83. The van der Waals surface area contributed by atoms with Gasteiger partial charge in [-0.1, -0.05) is 0 Å². The number of rotatable bonds is 1. The van der Waals surface area contributed by atoms with E-state index in [-0.39, 0.29) is 12.4 Å². The number of ether oxygens (including phenoxy) is 3. The maximum atomic E-state index is 5.56. The van der Waals surface area contributed by atoms with Crippen LogP contribution < -0.4 is 0 Å². The summed E-state index contributed by atoms with van der Waals surface area (Å²) >= 11 is 0. The van der Waals surface area contributed by atoms with Crippen LogP contribution in [0.4, 0.5) is 0 Å². The molecule has 74 valence electrons. The van der Waals surface area contributed by atoms with Crippen LogP contribution in [0.2, 0.25) is 0 Å². The molecule has 3 heteroatoms. The Morgan fingerprint density at radius 1 is 1.08 bits per heavy atom. The molecule has 1 fully saturated rings. The van der Waals surface area contributed by atoms with Crippen molar-refractivity contribution >= 4 is 0 Å². The molecule has 0 amide bonds. The molecule has 2 rings (SSSR count). The van der Waals surface area contributed by atoms with Gasteiger partial charge in [0.2, 0.25) is 0 Å². The van der Waals surface area contributed by atoms with Gasteiger partial charge in [-0.2, -0.15) is 0 Å². The molecule has 0 aromatic heterocycles. The highest BCUT2D eigenvalue weighted by atomic mass is 16.7. The number of hydrogen-bond acceptors (Lipinski definition) is 3. The van der Waals surface area contributed by atoms with E-state index in [0.717, 1.165) is 38.9 Å². The molecule has 1 atom stereocenters. The SMILES string of the molecule is C1=COC(C2OCCCCO2)CC1. The molecule has 0 spiro atoms. The molecule has 13 heavy (non-hydrogen) atoms. The Kier molecular flexibility index (Phi) is 3.22. The molecule has 0 aromatic carbocycles. The molecular weight excluding hydrogens is 168 g/mol. The second-order valence-corrected chi connectivity index (χ2v) is 3.44. The van der Waals surface area contributed by atoms with Gasteiger partial charge in [-0.15, -0.1) is 0 Å². The fourth-order valence-corrected chi connectivity index (χ4v) is 1.62. The van der Waals surface area contributed by atoms with Gasteiger partial charge in [-0.05, 0) is 31.8 Å². The van der Waals surface area contributed by atoms with Gasteiger partial charge in [0.1, 0.15) is 6.10 Å². The van der Waals surface area contributed by atoms with Gasteiger partial charge in [0.05, 0.1) is 6.26 Å². The van der Waals surface area contributed by atoms with Crippen molar-refractivity contribution in [1.82, 2.24) is 0 Å². The maximum Gasteiger partial charge on any atom is 0.194 e. The Morgan fingerprint density at radius 2 is 1.85 bits per heavy atom. The van der Waals surface area contributed by atoms with Crippen molar-refractivity contribution in [3.8, 4) is 0 Å². The summed E-state index contributed by atoms with van der Waals surface area (Å²) in [6, 6.07) is 0. The summed E-state index contributed by atoms with van der Waals surface area (Å²) in [6.45, 7) is 1.60. The van der Waals surface area contributed by atoms with Crippen LogP contribution in [0, 0.1) is 0 Å². The molecule has 2 aliphatic heterocycles. The Hall–Kier alpha value is -0.540. The largest absolute Gasteiger partial charge is 0.493 e. The molecule has 0 saturated carbocycles. The van der Waals surface area contributed by atoms with Crippen LogP contribution in [0.15, 0.2) is 12.3 Å². The Bertz CT molecular complexity index is 171. The van der Waals surface area contributed by atoms with E-state index in [1.165, 1.54) is 0 Å². The molecule has 0 bridgehead atoms. The van der Waals surface area contributed by atoms with Crippen LogP contribution in [-0.2, 0) is 14.2 Å². The maximum absolute atomic E-state index is 5.56.